The summed E-state index contributed by atoms with van der Waals surface area (Å²) in [6.45, 7) is 4.25. The molecule has 1 atom stereocenters. The van der Waals surface area contributed by atoms with Crippen LogP contribution in [0.25, 0.3) is 0 Å². The van der Waals surface area contributed by atoms with Gasteiger partial charge in [0.05, 0.1) is 0 Å². The van der Waals surface area contributed by atoms with Gasteiger partial charge in [0, 0.05) is 24.7 Å². The van der Waals surface area contributed by atoms with E-state index in [0.29, 0.717) is 12.6 Å². The molecule has 2 nitrogen and oxygen atoms in total. The lowest BCUT2D eigenvalue weighted by Crippen LogP contribution is -2.55. The Bertz CT molecular complexity index is 428. The molecule has 4 rings (SSSR count). The van der Waals surface area contributed by atoms with Crippen LogP contribution in [-0.4, -0.2) is 30.6 Å². The van der Waals surface area contributed by atoms with Crippen molar-refractivity contribution in [1.82, 2.24) is 10.2 Å². The van der Waals surface area contributed by atoms with Crippen LogP contribution < -0.4 is 5.32 Å². The van der Waals surface area contributed by atoms with Crippen LogP contribution in [0.1, 0.15) is 30.4 Å². The van der Waals surface area contributed by atoms with Crippen molar-refractivity contribution in [3.05, 3.63) is 35.4 Å². The Morgan fingerprint density at radius 1 is 1.26 bits per heavy atom. The van der Waals surface area contributed by atoms with Gasteiger partial charge < -0.3 is 10.2 Å². The number of piperidine rings is 3. The second kappa shape index (κ2) is 5.55. The zero-order valence-corrected chi connectivity index (χ0v) is 11.0. The Morgan fingerprint density at radius 3 is 2.68 bits per heavy atom. The lowest BCUT2D eigenvalue weighted by Gasteiger charge is -2.45. The number of nitrogens with one attached hydrogen (secondary N) is 1. The molecule has 1 N–H and O–H groups in total. The predicted molar refractivity (Wildman–Crippen MR) is 71.2 cm³/mol. The van der Waals surface area contributed by atoms with Crippen molar-refractivity contribution in [1.29, 1.82) is 0 Å². The van der Waals surface area contributed by atoms with E-state index in [9.17, 15) is 8.78 Å². The minimum absolute atomic E-state index is 0.119. The molecule has 3 heterocycles. The molecule has 0 aromatic heterocycles. The van der Waals surface area contributed by atoms with E-state index in [1.54, 1.807) is 12.1 Å². The van der Waals surface area contributed by atoms with Gasteiger partial charge in [-0.3, -0.25) is 0 Å². The van der Waals surface area contributed by atoms with E-state index in [2.05, 4.69) is 10.2 Å². The standard InChI is InChI=1S/C15H20F2N2/c16-15(17)13-3-1-2-11(8-13)9-18-14-10-19-6-4-12(14)5-7-19/h1-3,8,12,14-15,18H,4-7,9-10H2. The number of fused-ring (bicyclic) bond motifs is 3. The van der Waals surface area contributed by atoms with Gasteiger partial charge in [-0.05, 0) is 43.5 Å². The van der Waals surface area contributed by atoms with E-state index < -0.39 is 6.43 Å². The van der Waals surface area contributed by atoms with Crippen molar-refractivity contribution in [2.24, 2.45) is 5.92 Å². The molecule has 3 saturated heterocycles. The van der Waals surface area contributed by atoms with Crippen LogP contribution in [0.3, 0.4) is 0 Å². The summed E-state index contributed by atoms with van der Waals surface area (Å²) in [4.78, 5) is 2.49. The highest BCUT2D eigenvalue weighted by Crippen LogP contribution is 2.27. The Balaban J connectivity index is 1.58. The van der Waals surface area contributed by atoms with Crippen molar-refractivity contribution in [2.45, 2.75) is 31.9 Å². The monoisotopic (exact) mass is 266 g/mol. The van der Waals surface area contributed by atoms with Gasteiger partial charge in [-0.1, -0.05) is 18.2 Å². The van der Waals surface area contributed by atoms with E-state index >= 15 is 0 Å². The lowest BCUT2D eigenvalue weighted by atomic mass is 9.84. The maximum absolute atomic E-state index is 12.6. The summed E-state index contributed by atoms with van der Waals surface area (Å²) in [7, 11) is 0. The second-order valence-electron chi connectivity index (χ2n) is 5.67. The molecule has 104 valence electrons. The number of nitrogens with zero attached hydrogens (tertiary/aromatic N) is 1. The van der Waals surface area contributed by atoms with E-state index in [4.69, 9.17) is 0 Å². The molecule has 0 spiro atoms. The van der Waals surface area contributed by atoms with Crippen molar-refractivity contribution in [3.8, 4) is 0 Å². The summed E-state index contributed by atoms with van der Waals surface area (Å²) in [6, 6.07) is 7.26. The third kappa shape index (κ3) is 2.95. The number of halogens is 2. The SMILES string of the molecule is FC(F)c1cccc(CNC2CN3CCC2CC3)c1. The van der Waals surface area contributed by atoms with Gasteiger partial charge in [-0.15, -0.1) is 0 Å². The largest absolute Gasteiger partial charge is 0.308 e. The molecule has 3 aliphatic rings. The first-order valence-electron chi connectivity index (χ1n) is 7.05. The molecule has 3 fully saturated rings. The number of rotatable bonds is 4. The normalized spacial score (nSPS) is 29.9. The molecule has 0 aliphatic carbocycles. The van der Waals surface area contributed by atoms with E-state index in [0.717, 1.165) is 18.0 Å². The fraction of sp³-hybridized carbons (Fsp3) is 0.600. The fourth-order valence-electron chi connectivity index (χ4n) is 3.28. The van der Waals surface area contributed by atoms with Crippen LogP contribution in [-0.2, 0) is 6.54 Å². The van der Waals surface area contributed by atoms with Gasteiger partial charge in [-0.25, -0.2) is 8.78 Å². The molecule has 4 heteroatoms. The molecule has 1 unspecified atom stereocenters. The van der Waals surface area contributed by atoms with E-state index in [1.165, 1.54) is 32.0 Å². The molecule has 19 heavy (non-hydrogen) atoms. The number of alkyl halides is 2. The highest BCUT2D eigenvalue weighted by molar-refractivity contribution is 5.24. The maximum Gasteiger partial charge on any atom is 0.263 e. The first kappa shape index (κ1) is 13.0. The zero-order valence-electron chi connectivity index (χ0n) is 11.0. The first-order valence-corrected chi connectivity index (χ1v) is 7.05. The minimum Gasteiger partial charge on any atom is -0.308 e. The van der Waals surface area contributed by atoms with Crippen LogP contribution in [0, 0.1) is 5.92 Å². The van der Waals surface area contributed by atoms with Crippen LogP contribution in [0.15, 0.2) is 24.3 Å². The van der Waals surface area contributed by atoms with Crippen LogP contribution in [0.4, 0.5) is 8.78 Å². The van der Waals surface area contributed by atoms with E-state index in [-0.39, 0.29) is 5.56 Å². The maximum atomic E-state index is 12.6. The van der Waals surface area contributed by atoms with Crippen molar-refractivity contribution >= 4 is 0 Å². The van der Waals surface area contributed by atoms with Crippen LogP contribution >= 0.6 is 0 Å². The third-order valence-corrected chi connectivity index (χ3v) is 4.43. The van der Waals surface area contributed by atoms with Gasteiger partial charge in [-0.2, -0.15) is 0 Å². The molecular formula is C15H20F2N2. The van der Waals surface area contributed by atoms with Gasteiger partial charge in [0.1, 0.15) is 0 Å². The third-order valence-electron chi connectivity index (χ3n) is 4.43. The summed E-state index contributed by atoms with van der Waals surface area (Å²) >= 11 is 0. The summed E-state index contributed by atoms with van der Waals surface area (Å²) in [5, 5.41) is 3.55. The zero-order chi connectivity index (χ0) is 13.2. The molecule has 0 saturated carbocycles. The van der Waals surface area contributed by atoms with Gasteiger partial charge >= 0.3 is 0 Å². The van der Waals surface area contributed by atoms with Crippen LogP contribution in [0.2, 0.25) is 0 Å². The van der Waals surface area contributed by atoms with Crippen molar-refractivity contribution in [3.63, 3.8) is 0 Å². The van der Waals surface area contributed by atoms with Gasteiger partial charge in [0.2, 0.25) is 0 Å². The lowest BCUT2D eigenvalue weighted by molar-refractivity contribution is 0.0720. The quantitative estimate of drug-likeness (QED) is 0.901. The number of hydrogen-bond donors (Lipinski definition) is 1. The summed E-state index contributed by atoms with van der Waals surface area (Å²) < 4.78 is 25.3. The summed E-state index contributed by atoms with van der Waals surface area (Å²) in [5.74, 6) is 0.767. The number of hydrogen-bond acceptors (Lipinski definition) is 2. The fourth-order valence-corrected chi connectivity index (χ4v) is 3.28. The summed E-state index contributed by atoms with van der Waals surface area (Å²) in [6.07, 6.45) is 0.167. The summed E-state index contributed by atoms with van der Waals surface area (Å²) in [5.41, 5.74) is 1.07. The molecule has 1 aromatic carbocycles. The van der Waals surface area contributed by atoms with Gasteiger partial charge in [0.15, 0.2) is 0 Å². The Morgan fingerprint density at radius 2 is 2.05 bits per heavy atom. The molecular weight excluding hydrogens is 246 g/mol. The molecule has 0 radical (unpaired) electrons. The topological polar surface area (TPSA) is 15.3 Å². The molecule has 3 aliphatic heterocycles. The highest BCUT2D eigenvalue weighted by Gasteiger charge is 2.33. The first-order chi connectivity index (χ1) is 9.22. The second-order valence-corrected chi connectivity index (χ2v) is 5.67. The Labute approximate surface area is 112 Å². The van der Waals surface area contributed by atoms with Crippen molar-refractivity contribution < 1.29 is 8.78 Å². The van der Waals surface area contributed by atoms with Gasteiger partial charge in [0.25, 0.3) is 6.43 Å². The van der Waals surface area contributed by atoms with E-state index in [1.807, 2.05) is 6.07 Å². The Kier molecular flexibility index (Phi) is 3.80. The predicted octanol–water partition coefficient (Wildman–Crippen LogP) is 2.81. The molecule has 1 aromatic rings. The molecule has 2 bridgehead atoms. The number of benzene rings is 1. The minimum atomic E-state index is -2.38. The average Bonchev–Trinajstić information content (AvgIpc) is 2.47. The Hall–Kier alpha value is -1.00. The molecule has 0 amide bonds. The van der Waals surface area contributed by atoms with Crippen molar-refractivity contribution in [2.75, 3.05) is 19.6 Å². The highest BCUT2D eigenvalue weighted by atomic mass is 19.3. The average molecular weight is 266 g/mol. The smallest absolute Gasteiger partial charge is 0.263 e. The van der Waals surface area contributed by atoms with Crippen LogP contribution in [0.5, 0.6) is 0 Å².